The quantitative estimate of drug-likeness (QED) is 0.362. The van der Waals surface area contributed by atoms with Gasteiger partial charge in [0.15, 0.2) is 0 Å². The lowest BCUT2D eigenvalue weighted by atomic mass is 9.93. The average Bonchev–Trinajstić information content (AvgIpc) is 2.53. The fraction of sp³-hybridized carbons (Fsp3) is 0.800. The third kappa shape index (κ3) is 4.84. The van der Waals surface area contributed by atoms with Crippen molar-refractivity contribution in [3.63, 3.8) is 0 Å². The van der Waals surface area contributed by atoms with Gasteiger partial charge in [0, 0.05) is 18.4 Å². The van der Waals surface area contributed by atoms with Gasteiger partial charge < -0.3 is 24.4 Å². The summed E-state index contributed by atoms with van der Waals surface area (Å²) < 4.78 is 21.3. The average molecular weight is 276 g/mol. The number of ether oxygens (including phenoxy) is 2. The Labute approximate surface area is 108 Å². The number of aliphatic hydroxyl groups excluding tert-OH is 1. The van der Waals surface area contributed by atoms with Crippen LogP contribution >= 0.6 is 7.60 Å². The zero-order valence-corrected chi connectivity index (χ0v) is 11.1. The van der Waals surface area contributed by atoms with E-state index in [9.17, 15) is 9.67 Å². The lowest BCUT2D eigenvalue weighted by molar-refractivity contribution is -0.0203. The summed E-state index contributed by atoms with van der Waals surface area (Å²) in [5.74, 6) is 0.696. The molecule has 0 saturated carbocycles. The zero-order chi connectivity index (χ0) is 13.8. The Morgan fingerprint density at radius 2 is 2.17 bits per heavy atom. The second-order valence-corrected chi connectivity index (χ2v) is 5.65. The molecule has 0 amide bonds. The number of aliphatic hydroxyl groups is 1. The molecule has 4 atom stereocenters. The van der Waals surface area contributed by atoms with Gasteiger partial charge in [0.05, 0.1) is 0 Å². The van der Waals surface area contributed by atoms with Crippen molar-refractivity contribution in [2.24, 2.45) is 0 Å². The Morgan fingerprint density at radius 3 is 2.72 bits per heavy atom. The van der Waals surface area contributed by atoms with Crippen LogP contribution in [0.5, 0.6) is 0 Å². The topological polar surface area (TPSA) is 96.2 Å². The van der Waals surface area contributed by atoms with E-state index in [1.54, 1.807) is 0 Å². The van der Waals surface area contributed by atoms with Crippen LogP contribution < -0.4 is 0 Å². The number of hydrogen-bond acceptors (Lipinski definition) is 4. The molecule has 0 bridgehead atoms. The summed E-state index contributed by atoms with van der Waals surface area (Å²) in [4.78, 5) is 17.4. The standard InChI is InChI=1S/C10H18BO6P/c1-2-3-5-16-9-8(12)7(17-10(9)11)4-6-18(13,14)15/h4,6-10,12H,2-3,5H2,1H3,(H2,13,14,15)/b6-4+/t7-,8?,9+,10-/m1/s1. The molecule has 2 radical (unpaired) electrons. The van der Waals surface area contributed by atoms with Crippen molar-refractivity contribution in [3.05, 3.63) is 11.9 Å². The maximum Gasteiger partial charge on any atom is 0.348 e. The first-order valence-corrected chi connectivity index (χ1v) is 7.48. The predicted molar refractivity (Wildman–Crippen MR) is 66.3 cm³/mol. The first-order chi connectivity index (χ1) is 8.35. The Kier molecular flexibility index (Phi) is 6.04. The van der Waals surface area contributed by atoms with Gasteiger partial charge in [-0.1, -0.05) is 13.3 Å². The number of rotatable bonds is 6. The fourth-order valence-corrected chi connectivity index (χ4v) is 2.03. The molecule has 0 aromatic rings. The lowest BCUT2D eigenvalue weighted by Gasteiger charge is -2.18. The zero-order valence-electron chi connectivity index (χ0n) is 10.2. The molecule has 18 heavy (non-hydrogen) atoms. The van der Waals surface area contributed by atoms with Crippen LogP contribution in [0.4, 0.5) is 0 Å². The predicted octanol–water partition coefficient (Wildman–Crippen LogP) is 0.117. The highest BCUT2D eigenvalue weighted by atomic mass is 31.2. The molecule has 0 aliphatic carbocycles. The molecule has 1 unspecified atom stereocenters. The van der Waals surface area contributed by atoms with E-state index in [4.69, 9.17) is 27.1 Å². The van der Waals surface area contributed by atoms with Crippen LogP contribution in [0.3, 0.4) is 0 Å². The fourth-order valence-electron chi connectivity index (χ4n) is 1.63. The molecule has 1 aliphatic heterocycles. The molecule has 1 fully saturated rings. The summed E-state index contributed by atoms with van der Waals surface area (Å²) in [5.41, 5.74) is 0. The van der Waals surface area contributed by atoms with Crippen LogP contribution in [-0.2, 0) is 14.0 Å². The minimum atomic E-state index is -4.26. The normalized spacial score (nSPS) is 33.3. The highest BCUT2D eigenvalue weighted by Gasteiger charge is 2.40. The van der Waals surface area contributed by atoms with Crippen LogP contribution in [0.1, 0.15) is 19.8 Å². The molecular formula is C10H18BO6P. The third-order valence-electron chi connectivity index (χ3n) is 2.59. The van der Waals surface area contributed by atoms with E-state index in [-0.39, 0.29) is 0 Å². The van der Waals surface area contributed by atoms with Gasteiger partial charge in [0.1, 0.15) is 26.2 Å². The Balaban J connectivity index is 2.55. The van der Waals surface area contributed by atoms with Gasteiger partial charge in [-0.3, -0.25) is 4.57 Å². The first-order valence-electron chi connectivity index (χ1n) is 5.80. The largest absolute Gasteiger partial charge is 0.387 e. The smallest absolute Gasteiger partial charge is 0.348 e. The third-order valence-corrected chi connectivity index (χ3v) is 3.15. The van der Waals surface area contributed by atoms with Crippen molar-refractivity contribution in [2.45, 2.75) is 44.1 Å². The molecule has 6 nitrogen and oxygen atoms in total. The van der Waals surface area contributed by atoms with Gasteiger partial charge >= 0.3 is 7.60 Å². The van der Waals surface area contributed by atoms with E-state index < -0.39 is 31.9 Å². The highest BCUT2D eigenvalue weighted by molar-refractivity contribution is 7.55. The molecule has 1 aliphatic rings. The van der Waals surface area contributed by atoms with Crippen LogP contribution in [0.25, 0.3) is 0 Å². The summed E-state index contributed by atoms with van der Waals surface area (Å²) in [6, 6.07) is -0.803. The minimum Gasteiger partial charge on any atom is -0.387 e. The van der Waals surface area contributed by atoms with Crippen molar-refractivity contribution in [1.82, 2.24) is 0 Å². The van der Waals surface area contributed by atoms with Gasteiger partial charge in [0.2, 0.25) is 0 Å². The molecule has 1 rings (SSSR count). The molecule has 1 saturated heterocycles. The van der Waals surface area contributed by atoms with E-state index >= 15 is 0 Å². The maximum atomic E-state index is 10.7. The number of hydrogen-bond donors (Lipinski definition) is 3. The lowest BCUT2D eigenvalue weighted by Crippen LogP contribution is -2.35. The van der Waals surface area contributed by atoms with Crippen LogP contribution in [-0.4, -0.2) is 53.7 Å². The monoisotopic (exact) mass is 276 g/mol. The second kappa shape index (κ2) is 6.84. The Hall–Kier alpha value is -0.165. The molecule has 102 valence electrons. The molecular weight excluding hydrogens is 258 g/mol. The van der Waals surface area contributed by atoms with Gasteiger partial charge in [-0.15, -0.1) is 0 Å². The van der Waals surface area contributed by atoms with Crippen molar-refractivity contribution < 1.29 is 28.9 Å². The number of unbranched alkanes of at least 4 members (excludes halogenated alkanes) is 1. The van der Waals surface area contributed by atoms with Gasteiger partial charge in [-0.05, 0) is 12.5 Å². The van der Waals surface area contributed by atoms with Gasteiger partial charge in [-0.2, -0.15) is 0 Å². The summed E-state index contributed by atoms with van der Waals surface area (Å²) in [6.45, 7) is 2.47. The summed E-state index contributed by atoms with van der Waals surface area (Å²) >= 11 is 0. The van der Waals surface area contributed by atoms with Crippen molar-refractivity contribution in [1.29, 1.82) is 0 Å². The molecule has 8 heteroatoms. The van der Waals surface area contributed by atoms with Crippen molar-refractivity contribution in [3.8, 4) is 0 Å². The van der Waals surface area contributed by atoms with Crippen LogP contribution in [0.2, 0.25) is 0 Å². The van der Waals surface area contributed by atoms with Gasteiger partial charge in [-0.25, -0.2) is 0 Å². The Bertz CT molecular complexity index is 330. The Morgan fingerprint density at radius 1 is 1.50 bits per heavy atom. The minimum absolute atomic E-state index is 0.463. The second-order valence-electron chi connectivity index (χ2n) is 4.18. The molecule has 0 aromatic heterocycles. The molecule has 1 heterocycles. The summed E-state index contributed by atoms with van der Waals surface area (Å²) in [6.07, 6.45) is 0.357. The van der Waals surface area contributed by atoms with E-state index in [0.717, 1.165) is 18.9 Å². The maximum absolute atomic E-state index is 10.7. The molecule has 3 N–H and O–H groups in total. The van der Waals surface area contributed by atoms with Crippen LogP contribution in [0.15, 0.2) is 11.9 Å². The van der Waals surface area contributed by atoms with E-state index in [0.29, 0.717) is 12.4 Å². The van der Waals surface area contributed by atoms with E-state index in [2.05, 4.69) is 0 Å². The molecule has 0 aromatic carbocycles. The highest BCUT2D eigenvalue weighted by Crippen LogP contribution is 2.37. The van der Waals surface area contributed by atoms with E-state index in [1.807, 2.05) is 6.92 Å². The first kappa shape index (κ1) is 15.9. The van der Waals surface area contributed by atoms with E-state index in [1.165, 1.54) is 0 Å². The van der Waals surface area contributed by atoms with Crippen molar-refractivity contribution in [2.75, 3.05) is 6.61 Å². The summed E-state index contributed by atoms with van der Waals surface area (Å²) in [7, 11) is 1.38. The molecule has 0 spiro atoms. The van der Waals surface area contributed by atoms with Gasteiger partial charge in [0.25, 0.3) is 0 Å². The summed E-state index contributed by atoms with van der Waals surface area (Å²) in [5, 5.41) is 9.88. The van der Waals surface area contributed by atoms with Crippen LogP contribution in [0, 0.1) is 0 Å². The van der Waals surface area contributed by atoms with Crippen molar-refractivity contribution >= 4 is 15.4 Å². The SMILES string of the molecule is [B][C@@H]1O[C@H](/C=C/P(=O)(O)O)C(O)[C@@H]1OCCCC.